The van der Waals surface area contributed by atoms with Gasteiger partial charge < -0.3 is 10.8 Å². The Morgan fingerprint density at radius 3 is 2.69 bits per heavy atom. The molecule has 0 radical (unpaired) electrons. The third-order valence-electron chi connectivity index (χ3n) is 3.00. The SMILES string of the molecule is Nc1nc(C2CCCC2)c(Cl)cc1C(=O)O. The van der Waals surface area contributed by atoms with E-state index in [0.29, 0.717) is 10.9 Å². The molecular weight excluding hydrogens is 228 g/mol. The number of aromatic carboxylic acids is 1. The molecule has 0 bridgehead atoms. The lowest BCUT2D eigenvalue weighted by atomic mass is 10.0. The summed E-state index contributed by atoms with van der Waals surface area (Å²) in [5.41, 5.74) is 6.34. The van der Waals surface area contributed by atoms with Crippen LogP contribution in [0.25, 0.3) is 0 Å². The van der Waals surface area contributed by atoms with Gasteiger partial charge in [0.2, 0.25) is 0 Å². The molecule has 0 amide bonds. The maximum absolute atomic E-state index is 10.8. The van der Waals surface area contributed by atoms with E-state index in [1.165, 1.54) is 18.9 Å². The zero-order valence-corrected chi connectivity index (χ0v) is 9.50. The van der Waals surface area contributed by atoms with E-state index < -0.39 is 5.97 Å². The number of aromatic nitrogens is 1. The average Bonchev–Trinajstić information content (AvgIpc) is 2.73. The topological polar surface area (TPSA) is 76.2 Å². The highest BCUT2D eigenvalue weighted by Gasteiger charge is 2.23. The van der Waals surface area contributed by atoms with Crippen LogP contribution >= 0.6 is 11.6 Å². The molecule has 0 atom stereocenters. The Kier molecular flexibility index (Phi) is 3.01. The van der Waals surface area contributed by atoms with Crippen LogP contribution in [0.2, 0.25) is 5.02 Å². The fraction of sp³-hybridized carbons (Fsp3) is 0.455. The van der Waals surface area contributed by atoms with E-state index in [9.17, 15) is 4.79 Å². The van der Waals surface area contributed by atoms with Crippen LogP contribution in [0.3, 0.4) is 0 Å². The standard InChI is InChI=1S/C11H13ClN2O2/c12-8-5-7(11(15)16)10(13)14-9(8)6-3-1-2-4-6/h5-6H,1-4H2,(H2,13,14)(H,15,16). The molecular formula is C11H13ClN2O2. The molecule has 1 aliphatic carbocycles. The number of nitrogens with two attached hydrogens (primary N) is 1. The maximum atomic E-state index is 10.8. The van der Waals surface area contributed by atoms with E-state index >= 15 is 0 Å². The first-order valence-corrected chi connectivity index (χ1v) is 5.66. The number of carboxylic acid groups (broad SMARTS) is 1. The maximum Gasteiger partial charge on any atom is 0.339 e. The minimum absolute atomic E-state index is 0.0215. The van der Waals surface area contributed by atoms with Gasteiger partial charge in [-0.05, 0) is 18.9 Å². The van der Waals surface area contributed by atoms with Crippen LogP contribution in [0.5, 0.6) is 0 Å². The van der Waals surface area contributed by atoms with Crippen molar-refractivity contribution >= 4 is 23.4 Å². The molecule has 0 aromatic carbocycles. The number of hydrogen-bond acceptors (Lipinski definition) is 3. The van der Waals surface area contributed by atoms with Gasteiger partial charge in [0.1, 0.15) is 11.4 Å². The predicted octanol–water partition coefficient (Wildman–Crippen LogP) is 2.67. The lowest BCUT2D eigenvalue weighted by Gasteiger charge is -2.12. The van der Waals surface area contributed by atoms with Gasteiger partial charge >= 0.3 is 5.97 Å². The molecule has 0 spiro atoms. The Morgan fingerprint density at radius 1 is 1.50 bits per heavy atom. The van der Waals surface area contributed by atoms with Crippen LogP contribution < -0.4 is 5.73 Å². The molecule has 0 unspecified atom stereocenters. The predicted molar refractivity (Wildman–Crippen MR) is 61.8 cm³/mol. The normalized spacial score (nSPS) is 16.6. The minimum atomic E-state index is -1.09. The molecule has 86 valence electrons. The monoisotopic (exact) mass is 240 g/mol. The van der Waals surface area contributed by atoms with Gasteiger partial charge in [-0.1, -0.05) is 24.4 Å². The Hall–Kier alpha value is -1.29. The molecule has 1 saturated carbocycles. The van der Waals surface area contributed by atoms with E-state index in [1.807, 2.05) is 0 Å². The lowest BCUT2D eigenvalue weighted by molar-refractivity contribution is 0.0697. The molecule has 1 aliphatic rings. The molecule has 1 aromatic rings. The fourth-order valence-electron chi connectivity index (χ4n) is 2.17. The molecule has 2 rings (SSSR count). The first-order chi connectivity index (χ1) is 7.59. The van der Waals surface area contributed by atoms with Crippen molar-refractivity contribution in [1.29, 1.82) is 0 Å². The summed E-state index contributed by atoms with van der Waals surface area (Å²) in [5, 5.41) is 9.28. The number of halogens is 1. The molecule has 16 heavy (non-hydrogen) atoms. The Morgan fingerprint density at radius 2 is 2.12 bits per heavy atom. The Balaban J connectivity index is 2.40. The summed E-state index contributed by atoms with van der Waals surface area (Å²) in [5.74, 6) is -0.707. The van der Waals surface area contributed by atoms with E-state index in [-0.39, 0.29) is 11.4 Å². The third kappa shape index (κ3) is 1.97. The smallest absolute Gasteiger partial charge is 0.339 e. The molecule has 0 saturated heterocycles. The number of hydrogen-bond donors (Lipinski definition) is 2. The summed E-state index contributed by atoms with van der Waals surface area (Å²) in [6.45, 7) is 0. The summed E-state index contributed by atoms with van der Waals surface area (Å²) in [4.78, 5) is 15.0. The number of nitrogen functional groups attached to an aromatic ring is 1. The van der Waals surface area contributed by atoms with E-state index in [0.717, 1.165) is 18.5 Å². The van der Waals surface area contributed by atoms with Crippen LogP contribution in [0.4, 0.5) is 5.82 Å². The van der Waals surface area contributed by atoms with Crippen LogP contribution in [0.15, 0.2) is 6.07 Å². The van der Waals surface area contributed by atoms with Crippen LogP contribution in [-0.4, -0.2) is 16.1 Å². The highest BCUT2D eigenvalue weighted by atomic mass is 35.5. The number of rotatable bonds is 2. The molecule has 4 nitrogen and oxygen atoms in total. The van der Waals surface area contributed by atoms with Gasteiger partial charge in [0.15, 0.2) is 0 Å². The largest absolute Gasteiger partial charge is 0.478 e. The molecule has 0 aliphatic heterocycles. The zero-order chi connectivity index (χ0) is 11.7. The van der Waals surface area contributed by atoms with Crippen LogP contribution in [0, 0.1) is 0 Å². The van der Waals surface area contributed by atoms with E-state index in [2.05, 4.69) is 4.98 Å². The summed E-state index contributed by atoms with van der Waals surface area (Å²) < 4.78 is 0. The number of carboxylic acids is 1. The summed E-state index contributed by atoms with van der Waals surface area (Å²) in [6, 6.07) is 1.40. The number of pyridine rings is 1. The first-order valence-electron chi connectivity index (χ1n) is 5.29. The number of carbonyl (C=O) groups is 1. The molecule has 1 heterocycles. The van der Waals surface area contributed by atoms with Crippen molar-refractivity contribution in [3.63, 3.8) is 0 Å². The Bertz CT molecular complexity index is 428. The minimum Gasteiger partial charge on any atom is -0.478 e. The fourth-order valence-corrected chi connectivity index (χ4v) is 2.48. The zero-order valence-electron chi connectivity index (χ0n) is 8.74. The third-order valence-corrected chi connectivity index (χ3v) is 3.31. The summed E-state index contributed by atoms with van der Waals surface area (Å²) >= 11 is 6.04. The quantitative estimate of drug-likeness (QED) is 0.833. The molecule has 1 fully saturated rings. The summed E-state index contributed by atoms with van der Waals surface area (Å²) in [7, 11) is 0. The van der Waals surface area contributed by atoms with Crippen molar-refractivity contribution in [2.24, 2.45) is 0 Å². The highest BCUT2D eigenvalue weighted by Crippen LogP contribution is 2.37. The highest BCUT2D eigenvalue weighted by molar-refractivity contribution is 6.31. The van der Waals surface area contributed by atoms with E-state index in [1.54, 1.807) is 0 Å². The van der Waals surface area contributed by atoms with Crippen molar-refractivity contribution in [2.75, 3.05) is 5.73 Å². The van der Waals surface area contributed by atoms with Gasteiger partial charge in [-0.25, -0.2) is 9.78 Å². The lowest BCUT2D eigenvalue weighted by Crippen LogP contribution is -2.08. The molecule has 3 N–H and O–H groups in total. The Labute approximate surface area is 98.4 Å². The van der Waals surface area contributed by atoms with Crippen molar-refractivity contribution in [3.8, 4) is 0 Å². The summed E-state index contributed by atoms with van der Waals surface area (Å²) in [6.07, 6.45) is 4.45. The van der Waals surface area contributed by atoms with Gasteiger partial charge in [-0.2, -0.15) is 0 Å². The van der Waals surface area contributed by atoms with Crippen molar-refractivity contribution in [1.82, 2.24) is 4.98 Å². The van der Waals surface area contributed by atoms with Crippen molar-refractivity contribution in [3.05, 3.63) is 22.3 Å². The van der Waals surface area contributed by atoms with Gasteiger partial charge in [-0.3, -0.25) is 0 Å². The van der Waals surface area contributed by atoms with Gasteiger partial charge in [0, 0.05) is 5.92 Å². The van der Waals surface area contributed by atoms with Crippen LogP contribution in [-0.2, 0) is 0 Å². The van der Waals surface area contributed by atoms with Crippen LogP contribution in [0.1, 0.15) is 47.7 Å². The molecule has 5 heteroatoms. The second kappa shape index (κ2) is 4.29. The molecule has 1 aromatic heterocycles. The number of nitrogens with zero attached hydrogens (tertiary/aromatic N) is 1. The van der Waals surface area contributed by atoms with E-state index in [4.69, 9.17) is 22.4 Å². The second-order valence-electron chi connectivity index (χ2n) is 4.07. The average molecular weight is 241 g/mol. The van der Waals surface area contributed by atoms with Gasteiger partial charge in [0.25, 0.3) is 0 Å². The van der Waals surface area contributed by atoms with Crippen molar-refractivity contribution in [2.45, 2.75) is 31.6 Å². The second-order valence-corrected chi connectivity index (χ2v) is 4.48. The van der Waals surface area contributed by atoms with Gasteiger partial charge in [0.05, 0.1) is 10.7 Å². The van der Waals surface area contributed by atoms with Gasteiger partial charge in [-0.15, -0.1) is 0 Å². The first kappa shape index (κ1) is 11.2. The van der Waals surface area contributed by atoms with Crippen molar-refractivity contribution < 1.29 is 9.90 Å². The number of anilines is 1.